The number of anilines is 1. The second kappa shape index (κ2) is 7.47. The van der Waals surface area contributed by atoms with Crippen molar-refractivity contribution in [3.63, 3.8) is 0 Å². The summed E-state index contributed by atoms with van der Waals surface area (Å²) < 4.78 is 7.41. The Kier molecular flexibility index (Phi) is 5.29. The van der Waals surface area contributed by atoms with E-state index in [0.717, 1.165) is 36.3 Å². The quantitative estimate of drug-likeness (QED) is 0.732. The van der Waals surface area contributed by atoms with Crippen molar-refractivity contribution in [3.05, 3.63) is 42.5 Å². The SMILES string of the molecule is CCc1nc2cc(NC(=O)C3(n4cccn4)CCNCC3)ccc2o1.Cl. The average Bonchev–Trinajstić information content (AvgIpc) is 3.31. The molecule has 2 aromatic heterocycles. The van der Waals surface area contributed by atoms with Crippen LogP contribution in [0, 0.1) is 0 Å². The molecule has 0 saturated carbocycles. The van der Waals surface area contributed by atoms with Crippen molar-refractivity contribution >= 4 is 35.1 Å². The molecule has 2 N–H and O–H groups in total. The zero-order valence-corrected chi connectivity index (χ0v) is 15.4. The highest BCUT2D eigenvalue weighted by atomic mass is 35.5. The molecule has 26 heavy (non-hydrogen) atoms. The molecule has 4 rings (SSSR count). The summed E-state index contributed by atoms with van der Waals surface area (Å²) in [6.45, 7) is 3.57. The van der Waals surface area contributed by atoms with Gasteiger partial charge in [-0.2, -0.15) is 5.10 Å². The third-order valence-corrected chi connectivity index (χ3v) is 4.79. The molecule has 1 amide bonds. The van der Waals surface area contributed by atoms with Gasteiger partial charge >= 0.3 is 0 Å². The molecule has 3 heterocycles. The molecule has 1 aliphatic rings. The minimum atomic E-state index is -0.665. The van der Waals surface area contributed by atoms with Crippen LogP contribution >= 0.6 is 12.4 Å². The smallest absolute Gasteiger partial charge is 0.252 e. The Labute approximate surface area is 157 Å². The molecule has 7 nitrogen and oxygen atoms in total. The Balaban J connectivity index is 0.00000196. The summed E-state index contributed by atoms with van der Waals surface area (Å²) in [6, 6.07) is 7.40. The maximum absolute atomic E-state index is 13.1. The standard InChI is InChI=1S/C18H21N5O2.ClH/c1-2-16-22-14-12-13(4-5-15(14)25-16)21-17(24)18(6-9-19-10-7-18)23-11-3-8-20-23;/h3-5,8,11-12,19H,2,6-7,9-10H2,1H3,(H,21,24);1H. The summed E-state index contributed by atoms with van der Waals surface area (Å²) in [6.07, 6.45) is 5.72. The van der Waals surface area contributed by atoms with Crippen LogP contribution in [0.15, 0.2) is 41.1 Å². The number of hydrogen-bond acceptors (Lipinski definition) is 5. The van der Waals surface area contributed by atoms with Crippen molar-refractivity contribution in [2.45, 2.75) is 31.7 Å². The number of piperidine rings is 1. The topological polar surface area (TPSA) is 85.0 Å². The third kappa shape index (κ3) is 3.20. The second-order valence-electron chi connectivity index (χ2n) is 6.33. The first-order valence-electron chi connectivity index (χ1n) is 8.63. The lowest BCUT2D eigenvalue weighted by atomic mass is 9.87. The number of benzene rings is 1. The fourth-order valence-electron chi connectivity index (χ4n) is 3.37. The van der Waals surface area contributed by atoms with Crippen LogP contribution in [-0.2, 0) is 16.8 Å². The lowest BCUT2D eigenvalue weighted by Crippen LogP contribution is -2.52. The summed E-state index contributed by atoms with van der Waals surface area (Å²) in [7, 11) is 0. The first-order chi connectivity index (χ1) is 12.2. The number of rotatable bonds is 4. The van der Waals surface area contributed by atoms with Crippen molar-refractivity contribution < 1.29 is 9.21 Å². The number of halogens is 1. The van der Waals surface area contributed by atoms with Gasteiger partial charge in [0, 0.05) is 24.5 Å². The normalized spacial score (nSPS) is 16.2. The average molecular weight is 376 g/mol. The highest BCUT2D eigenvalue weighted by Gasteiger charge is 2.42. The summed E-state index contributed by atoms with van der Waals surface area (Å²) in [4.78, 5) is 17.6. The third-order valence-electron chi connectivity index (χ3n) is 4.79. The van der Waals surface area contributed by atoms with Crippen LogP contribution in [0.25, 0.3) is 11.1 Å². The summed E-state index contributed by atoms with van der Waals surface area (Å²) in [5.74, 6) is 0.654. The van der Waals surface area contributed by atoms with E-state index in [9.17, 15) is 4.79 Å². The Morgan fingerprint density at radius 2 is 2.19 bits per heavy atom. The number of hydrogen-bond donors (Lipinski definition) is 2. The molecule has 0 aliphatic carbocycles. The monoisotopic (exact) mass is 375 g/mol. The fraction of sp³-hybridized carbons (Fsp3) is 0.389. The molecular formula is C18H22ClN5O2. The van der Waals surface area contributed by atoms with E-state index in [1.165, 1.54) is 0 Å². The largest absolute Gasteiger partial charge is 0.441 e. The van der Waals surface area contributed by atoms with E-state index in [4.69, 9.17) is 4.42 Å². The van der Waals surface area contributed by atoms with E-state index >= 15 is 0 Å². The molecule has 138 valence electrons. The molecule has 0 radical (unpaired) electrons. The van der Waals surface area contributed by atoms with Crippen LogP contribution in [0.2, 0.25) is 0 Å². The van der Waals surface area contributed by atoms with Crippen molar-refractivity contribution in [2.24, 2.45) is 0 Å². The van der Waals surface area contributed by atoms with E-state index in [0.29, 0.717) is 18.7 Å². The van der Waals surface area contributed by atoms with E-state index in [2.05, 4.69) is 20.7 Å². The number of nitrogens with zero attached hydrogens (tertiary/aromatic N) is 3. The zero-order valence-electron chi connectivity index (χ0n) is 14.6. The lowest BCUT2D eigenvalue weighted by Gasteiger charge is -2.36. The highest BCUT2D eigenvalue weighted by molar-refractivity contribution is 5.98. The molecule has 8 heteroatoms. The van der Waals surface area contributed by atoms with Crippen LogP contribution in [0.3, 0.4) is 0 Å². The lowest BCUT2D eigenvalue weighted by molar-refractivity contribution is -0.126. The molecule has 0 atom stereocenters. The summed E-state index contributed by atoms with van der Waals surface area (Å²) in [5, 5.41) is 10.7. The van der Waals surface area contributed by atoms with Gasteiger partial charge in [0.2, 0.25) is 0 Å². The maximum Gasteiger partial charge on any atom is 0.252 e. The number of aryl methyl sites for hydroxylation is 1. The van der Waals surface area contributed by atoms with Crippen molar-refractivity contribution in [2.75, 3.05) is 18.4 Å². The van der Waals surface area contributed by atoms with E-state index in [-0.39, 0.29) is 18.3 Å². The van der Waals surface area contributed by atoms with E-state index in [1.807, 2.05) is 37.4 Å². The number of fused-ring (bicyclic) bond motifs is 1. The minimum Gasteiger partial charge on any atom is -0.441 e. The van der Waals surface area contributed by atoms with Gasteiger partial charge in [0.25, 0.3) is 5.91 Å². The minimum absolute atomic E-state index is 0. The van der Waals surface area contributed by atoms with Gasteiger partial charge in [-0.1, -0.05) is 6.92 Å². The van der Waals surface area contributed by atoms with Gasteiger partial charge in [-0.15, -0.1) is 12.4 Å². The number of nitrogens with one attached hydrogen (secondary N) is 2. The van der Waals surface area contributed by atoms with Crippen LogP contribution < -0.4 is 10.6 Å². The fourth-order valence-corrected chi connectivity index (χ4v) is 3.37. The van der Waals surface area contributed by atoms with Gasteiger partial charge in [0.15, 0.2) is 11.5 Å². The molecule has 1 aliphatic heterocycles. The summed E-state index contributed by atoms with van der Waals surface area (Å²) in [5.41, 5.74) is 1.55. The van der Waals surface area contributed by atoms with E-state index < -0.39 is 5.54 Å². The van der Waals surface area contributed by atoms with Crippen molar-refractivity contribution in [1.82, 2.24) is 20.1 Å². The Morgan fingerprint density at radius 1 is 1.38 bits per heavy atom. The Bertz CT molecular complexity index is 884. The van der Waals surface area contributed by atoms with Gasteiger partial charge in [0.1, 0.15) is 11.1 Å². The van der Waals surface area contributed by atoms with Crippen LogP contribution in [0.1, 0.15) is 25.7 Å². The highest BCUT2D eigenvalue weighted by Crippen LogP contribution is 2.29. The van der Waals surface area contributed by atoms with Gasteiger partial charge < -0.3 is 15.1 Å². The predicted octanol–water partition coefficient (Wildman–Crippen LogP) is 2.73. The van der Waals surface area contributed by atoms with Crippen LogP contribution in [0.4, 0.5) is 5.69 Å². The van der Waals surface area contributed by atoms with Gasteiger partial charge in [-0.05, 0) is 50.2 Å². The molecular weight excluding hydrogens is 354 g/mol. The number of oxazole rings is 1. The number of aromatic nitrogens is 3. The Hall–Kier alpha value is -2.38. The molecule has 1 aromatic carbocycles. The number of carbonyl (C=O) groups is 1. The van der Waals surface area contributed by atoms with Gasteiger partial charge in [-0.25, -0.2) is 4.98 Å². The van der Waals surface area contributed by atoms with Gasteiger partial charge in [0.05, 0.1) is 0 Å². The molecule has 0 bridgehead atoms. The van der Waals surface area contributed by atoms with E-state index in [1.54, 1.807) is 10.9 Å². The van der Waals surface area contributed by atoms with Crippen LogP contribution in [-0.4, -0.2) is 33.8 Å². The molecule has 1 saturated heterocycles. The summed E-state index contributed by atoms with van der Waals surface area (Å²) >= 11 is 0. The van der Waals surface area contributed by atoms with Crippen LogP contribution in [0.5, 0.6) is 0 Å². The molecule has 0 spiro atoms. The molecule has 1 fully saturated rings. The Morgan fingerprint density at radius 3 is 2.88 bits per heavy atom. The number of carbonyl (C=O) groups excluding carboxylic acids is 1. The zero-order chi connectivity index (χ0) is 17.3. The first kappa shape index (κ1) is 18.4. The molecule has 3 aromatic rings. The van der Waals surface area contributed by atoms with Gasteiger partial charge in [-0.3, -0.25) is 9.48 Å². The molecule has 0 unspecified atom stereocenters. The second-order valence-corrected chi connectivity index (χ2v) is 6.33. The maximum atomic E-state index is 13.1. The first-order valence-corrected chi connectivity index (χ1v) is 8.63. The van der Waals surface area contributed by atoms with Crippen molar-refractivity contribution in [1.29, 1.82) is 0 Å². The van der Waals surface area contributed by atoms with Crippen molar-refractivity contribution in [3.8, 4) is 0 Å². The predicted molar refractivity (Wildman–Crippen MR) is 102 cm³/mol. The number of amides is 1.